The van der Waals surface area contributed by atoms with E-state index in [0.717, 1.165) is 16.7 Å². The number of nitrogens with zero attached hydrogens (tertiary/aromatic N) is 1. The molecule has 2 amide bonds. The zero-order valence-corrected chi connectivity index (χ0v) is 17.1. The largest absolute Gasteiger partial charge is 0.320 e. The summed E-state index contributed by atoms with van der Waals surface area (Å²) in [7, 11) is 0. The number of carbonyl (C=O) groups is 1. The Bertz CT molecular complexity index is 1120. The zero-order valence-electron chi connectivity index (χ0n) is 17.1. The summed E-state index contributed by atoms with van der Waals surface area (Å²) in [6, 6.07) is 34.5. The summed E-state index contributed by atoms with van der Waals surface area (Å²) in [5.74, 6) is 0. The van der Waals surface area contributed by atoms with E-state index >= 15 is 0 Å². The van der Waals surface area contributed by atoms with Gasteiger partial charge < -0.3 is 10.6 Å². The first-order valence-corrected chi connectivity index (χ1v) is 10.1. The molecule has 0 heterocycles. The number of nitro benzene ring substituents is 1. The number of nitrogens with one attached hydrogen (secondary N) is 2. The van der Waals surface area contributed by atoms with Gasteiger partial charge >= 0.3 is 6.03 Å². The molecule has 0 saturated carbocycles. The average Bonchev–Trinajstić information content (AvgIpc) is 2.84. The highest BCUT2D eigenvalue weighted by molar-refractivity contribution is 5.91. The summed E-state index contributed by atoms with van der Waals surface area (Å²) >= 11 is 0. The van der Waals surface area contributed by atoms with Gasteiger partial charge in [0.1, 0.15) is 5.54 Å². The Morgan fingerprint density at radius 1 is 0.688 bits per heavy atom. The standard InChI is InChI=1S/C26H21N3O3/c30-25(27-23-17-10-18-24(19-23)29(31)32)28-26(20-11-4-1-5-12-20,21-13-6-2-7-14-21)22-15-8-3-9-16-22/h1-19H,(H2,27,28,30). The molecular weight excluding hydrogens is 402 g/mol. The van der Waals surface area contributed by atoms with E-state index in [1.54, 1.807) is 6.07 Å². The molecule has 4 rings (SSSR count). The minimum absolute atomic E-state index is 0.0942. The lowest BCUT2D eigenvalue weighted by Crippen LogP contribution is -2.49. The summed E-state index contributed by atoms with van der Waals surface area (Å²) < 4.78 is 0. The minimum atomic E-state index is -0.978. The third kappa shape index (κ3) is 4.20. The molecule has 0 aliphatic carbocycles. The van der Waals surface area contributed by atoms with Crippen LogP contribution >= 0.6 is 0 Å². The molecule has 0 bridgehead atoms. The highest BCUT2D eigenvalue weighted by atomic mass is 16.6. The van der Waals surface area contributed by atoms with Crippen molar-refractivity contribution in [3.8, 4) is 0 Å². The van der Waals surface area contributed by atoms with Gasteiger partial charge in [-0.25, -0.2) is 4.79 Å². The lowest BCUT2D eigenvalue weighted by Gasteiger charge is -2.36. The monoisotopic (exact) mass is 423 g/mol. The van der Waals surface area contributed by atoms with Gasteiger partial charge in [0.05, 0.1) is 4.92 Å². The maximum absolute atomic E-state index is 13.2. The van der Waals surface area contributed by atoms with E-state index in [9.17, 15) is 14.9 Å². The third-order valence-electron chi connectivity index (χ3n) is 5.24. The van der Waals surface area contributed by atoms with Crippen LogP contribution in [0.4, 0.5) is 16.2 Å². The van der Waals surface area contributed by atoms with E-state index in [-0.39, 0.29) is 5.69 Å². The number of carbonyl (C=O) groups excluding carboxylic acids is 1. The lowest BCUT2D eigenvalue weighted by molar-refractivity contribution is -0.384. The maximum atomic E-state index is 13.2. The molecule has 0 radical (unpaired) electrons. The number of hydrogen-bond acceptors (Lipinski definition) is 3. The second-order valence-electron chi connectivity index (χ2n) is 7.23. The normalized spacial score (nSPS) is 10.9. The molecule has 0 atom stereocenters. The first kappa shape index (κ1) is 20.8. The van der Waals surface area contributed by atoms with E-state index in [1.807, 2.05) is 91.0 Å². The molecule has 6 heteroatoms. The molecule has 2 N–H and O–H groups in total. The van der Waals surface area contributed by atoms with Crippen molar-refractivity contribution < 1.29 is 9.72 Å². The van der Waals surface area contributed by atoms with Crippen molar-refractivity contribution in [3.05, 3.63) is 142 Å². The quantitative estimate of drug-likeness (QED) is 0.237. The number of amides is 2. The molecule has 0 saturated heterocycles. The lowest BCUT2D eigenvalue weighted by atomic mass is 9.77. The molecule has 158 valence electrons. The Kier molecular flexibility index (Phi) is 5.94. The number of urea groups is 1. The first-order chi connectivity index (χ1) is 15.6. The van der Waals surface area contributed by atoms with Crippen LogP contribution in [0.3, 0.4) is 0 Å². The number of rotatable bonds is 6. The van der Waals surface area contributed by atoms with Crippen molar-refractivity contribution in [2.45, 2.75) is 5.54 Å². The van der Waals surface area contributed by atoms with Crippen LogP contribution in [0.15, 0.2) is 115 Å². The third-order valence-corrected chi connectivity index (χ3v) is 5.24. The fraction of sp³-hybridized carbons (Fsp3) is 0.0385. The molecule has 0 aromatic heterocycles. The van der Waals surface area contributed by atoms with E-state index in [2.05, 4.69) is 10.6 Å². The zero-order chi connectivity index (χ0) is 22.4. The predicted molar refractivity (Wildman–Crippen MR) is 124 cm³/mol. The second-order valence-corrected chi connectivity index (χ2v) is 7.23. The molecule has 0 spiro atoms. The van der Waals surface area contributed by atoms with Gasteiger partial charge in [-0.2, -0.15) is 0 Å². The van der Waals surface area contributed by atoms with Crippen LogP contribution in [0.25, 0.3) is 0 Å². The number of non-ortho nitro benzene ring substituents is 1. The molecule has 6 nitrogen and oxygen atoms in total. The van der Waals surface area contributed by atoms with Gasteiger partial charge in [-0.1, -0.05) is 97.1 Å². The Balaban J connectivity index is 1.80. The van der Waals surface area contributed by atoms with E-state index in [4.69, 9.17) is 0 Å². The van der Waals surface area contributed by atoms with Gasteiger partial charge in [0.2, 0.25) is 0 Å². The molecule has 4 aromatic rings. The summed E-state index contributed by atoms with van der Waals surface area (Å²) in [5.41, 5.74) is 1.90. The Hall–Kier alpha value is -4.45. The fourth-order valence-electron chi connectivity index (χ4n) is 3.81. The van der Waals surface area contributed by atoms with Gasteiger partial charge in [-0.15, -0.1) is 0 Å². The highest BCUT2D eigenvalue weighted by Crippen LogP contribution is 2.36. The van der Waals surface area contributed by atoms with Crippen molar-refractivity contribution in [3.63, 3.8) is 0 Å². The van der Waals surface area contributed by atoms with Crippen molar-refractivity contribution >= 4 is 17.4 Å². The molecule has 0 aliphatic heterocycles. The van der Waals surface area contributed by atoms with Gasteiger partial charge in [0.25, 0.3) is 5.69 Å². The SMILES string of the molecule is O=C(Nc1cccc([N+](=O)[O-])c1)NC(c1ccccc1)(c1ccccc1)c1ccccc1. The topological polar surface area (TPSA) is 84.3 Å². The fourth-order valence-corrected chi connectivity index (χ4v) is 3.81. The van der Waals surface area contributed by atoms with Crippen LogP contribution in [-0.4, -0.2) is 11.0 Å². The predicted octanol–water partition coefficient (Wildman–Crippen LogP) is 5.71. The second kappa shape index (κ2) is 9.14. The summed E-state index contributed by atoms with van der Waals surface area (Å²) in [5, 5.41) is 17.0. The highest BCUT2D eigenvalue weighted by Gasteiger charge is 2.37. The summed E-state index contributed by atoms with van der Waals surface area (Å²) in [4.78, 5) is 23.8. The molecule has 0 aliphatic rings. The van der Waals surface area contributed by atoms with Crippen molar-refractivity contribution in [1.82, 2.24) is 5.32 Å². The molecule has 0 fully saturated rings. The van der Waals surface area contributed by atoms with Crippen molar-refractivity contribution in [1.29, 1.82) is 0 Å². The average molecular weight is 423 g/mol. The van der Waals surface area contributed by atoms with E-state index in [1.165, 1.54) is 18.2 Å². The molecular formula is C26H21N3O3. The van der Waals surface area contributed by atoms with Crippen LogP contribution in [0, 0.1) is 10.1 Å². The Morgan fingerprint density at radius 2 is 1.16 bits per heavy atom. The van der Waals surface area contributed by atoms with Gasteiger partial charge in [0.15, 0.2) is 0 Å². The number of anilines is 1. The first-order valence-electron chi connectivity index (χ1n) is 10.1. The summed E-state index contributed by atoms with van der Waals surface area (Å²) in [6.07, 6.45) is 0. The number of nitro groups is 1. The van der Waals surface area contributed by atoms with E-state index in [0.29, 0.717) is 5.69 Å². The van der Waals surface area contributed by atoms with Crippen molar-refractivity contribution in [2.24, 2.45) is 0 Å². The maximum Gasteiger partial charge on any atom is 0.320 e. The summed E-state index contributed by atoms with van der Waals surface area (Å²) in [6.45, 7) is 0. The Labute approximate surface area is 185 Å². The van der Waals surface area contributed by atoms with Crippen molar-refractivity contribution in [2.75, 3.05) is 5.32 Å². The van der Waals surface area contributed by atoms with Gasteiger partial charge in [-0.3, -0.25) is 10.1 Å². The Morgan fingerprint density at radius 3 is 1.59 bits per heavy atom. The smallest absolute Gasteiger partial charge is 0.320 e. The van der Waals surface area contributed by atoms with Crippen LogP contribution in [0.5, 0.6) is 0 Å². The number of hydrogen-bond donors (Lipinski definition) is 2. The van der Waals surface area contributed by atoms with Gasteiger partial charge in [-0.05, 0) is 22.8 Å². The minimum Gasteiger partial charge on any atom is -0.320 e. The van der Waals surface area contributed by atoms with Crippen LogP contribution in [-0.2, 0) is 5.54 Å². The molecule has 4 aromatic carbocycles. The molecule has 0 unspecified atom stereocenters. The van der Waals surface area contributed by atoms with Crippen LogP contribution in [0.1, 0.15) is 16.7 Å². The van der Waals surface area contributed by atoms with E-state index < -0.39 is 16.5 Å². The van der Waals surface area contributed by atoms with Crippen LogP contribution in [0.2, 0.25) is 0 Å². The van der Waals surface area contributed by atoms with Gasteiger partial charge in [0, 0.05) is 17.8 Å². The van der Waals surface area contributed by atoms with Crippen LogP contribution < -0.4 is 10.6 Å². The number of benzene rings is 4. The molecule has 32 heavy (non-hydrogen) atoms.